The van der Waals surface area contributed by atoms with Gasteiger partial charge in [0.2, 0.25) is 0 Å². The number of carboxylic acid groups (broad SMARTS) is 1. The van der Waals surface area contributed by atoms with Gasteiger partial charge in [-0.15, -0.1) is 0 Å². The molecule has 0 aromatic heterocycles. The Bertz CT molecular complexity index is 497. The van der Waals surface area contributed by atoms with Gasteiger partial charge in [0.25, 0.3) is 0 Å². The van der Waals surface area contributed by atoms with E-state index < -0.39 is 5.97 Å². The van der Waals surface area contributed by atoms with E-state index in [4.69, 9.17) is 5.11 Å². The van der Waals surface area contributed by atoms with Gasteiger partial charge in [0, 0.05) is 6.08 Å². The molecule has 0 amide bonds. The molecule has 0 aliphatic rings. The van der Waals surface area contributed by atoms with Crippen molar-refractivity contribution >= 4 is 18.1 Å². The van der Waals surface area contributed by atoms with Crippen molar-refractivity contribution in [2.75, 3.05) is 0 Å². The number of benzene rings is 1. The largest absolute Gasteiger partial charge is 0.478 e. The van der Waals surface area contributed by atoms with Crippen molar-refractivity contribution in [1.29, 1.82) is 0 Å². The molecule has 0 bridgehead atoms. The molecular formula is C22H32O2. The highest BCUT2D eigenvalue weighted by Gasteiger charge is 1.92. The van der Waals surface area contributed by atoms with Crippen LogP contribution in [0.25, 0.3) is 12.2 Å². The summed E-state index contributed by atoms with van der Waals surface area (Å²) in [5.41, 5.74) is 2.08. The Balaban J connectivity index is 2.09. The highest BCUT2D eigenvalue weighted by Crippen LogP contribution is 2.12. The predicted octanol–water partition coefficient (Wildman–Crippen LogP) is 6.72. The maximum Gasteiger partial charge on any atom is 0.328 e. The minimum atomic E-state index is -0.917. The van der Waals surface area contributed by atoms with E-state index in [0.29, 0.717) is 0 Å². The fourth-order valence-corrected chi connectivity index (χ4v) is 2.68. The van der Waals surface area contributed by atoms with E-state index in [-0.39, 0.29) is 0 Å². The number of carbonyl (C=O) groups is 1. The Morgan fingerprint density at radius 1 is 0.833 bits per heavy atom. The van der Waals surface area contributed by atoms with Gasteiger partial charge in [-0.2, -0.15) is 0 Å². The van der Waals surface area contributed by atoms with E-state index in [1.807, 2.05) is 24.3 Å². The normalized spacial score (nSPS) is 11.5. The number of hydrogen-bond acceptors (Lipinski definition) is 1. The first-order valence-corrected chi connectivity index (χ1v) is 9.40. The third-order valence-corrected chi connectivity index (χ3v) is 4.14. The summed E-state index contributed by atoms with van der Waals surface area (Å²) in [5.74, 6) is -0.917. The van der Waals surface area contributed by atoms with Crippen LogP contribution in [0.1, 0.15) is 82.3 Å². The van der Waals surface area contributed by atoms with E-state index in [1.54, 1.807) is 6.08 Å². The maximum absolute atomic E-state index is 10.5. The lowest BCUT2D eigenvalue weighted by atomic mass is 10.1. The lowest BCUT2D eigenvalue weighted by Gasteiger charge is -2.00. The molecule has 0 spiro atoms. The van der Waals surface area contributed by atoms with E-state index in [1.165, 1.54) is 63.4 Å². The lowest BCUT2D eigenvalue weighted by Crippen LogP contribution is -1.85. The average Bonchev–Trinajstić information content (AvgIpc) is 2.59. The molecule has 2 nitrogen and oxygen atoms in total. The number of unbranched alkanes of at least 4 members (excludes halogenated alkanes) is 9. The monoisotopic (exact) mass is 328 g/mol. The zero-order valence-electron chi connectivity index (χ0n) is 15.0. The quantitative estimate of drug-likeness (QED) is 0.322. The van der Waals surface area contributed by atoms with Crippen molar-refractivity contribution in [2.24, 2.45) is 0 Å². The molecule has 0 aliphatic carbocycles. The molecule has 24 heavy (non-hydrogen) atoms. The average molecular weight is 328 g/mol. The zero-order chi connectivity index (χ0) is 17.5. The van der Waals surface area contributed by atoms with Gasteiger partial charge in [-0.1, -0.05) is 94.7 Å². The van der Waals surface area contributed by atoms with Gasteiger partial charge in [0.15, 0.2) is 0 Å². The summed E-state index contributed by atoms with van der Waals surface area (Å²) < 4.78 is 0. The summed E-state index contributed by atoms with van der Waals surface area (Å²) >= 11 is 0. The van der Waals surface area contributed by atoms with Crippen LogP contribution in [0.3, 0.4) is 0 Å². The van der Waals surface area contributed by atoms with Gasteiger partial charge in [-0.05, 0) is 30.0 Å². The second-order valence-electron chi connectivity index (χ2n) is 6.36. The molecule has 132 valence electrons. The Morgan fingerprint density at radius 2 is 1.33 bits per heavy atom. The van der Waals surface area contributed by atoms with Gasteiger partial charge in [-0.25, -0.2) is 4.79 Å². The van der Waals surface area contributed by atoms with Crippen LogP contribution in [0, 0.1) is 0 Å². The third-order valence-electron chi connectivity index (χ3n) is 4.14. The molecule has 0 fully saturated rings. The fraction of sp³-hybridized carbons (Fsp3) is 0.500. The van der Waals surface area contributed by atoms with E-state index >= 15 is 0 Å². The van der Waals surface area contributed by atoms with Crippen molar-refractivity contribution in [2.45, 2.75) is 71.1 Å². The summed E-state index contributed by atoms with van der Waals surface area (Å²) in [6.07, 6.45) is 20.6. The van der Waals surface area contributed by atoms with Gasteiger partial charge in [0.1, 0.15) is 0 Å². The van der Waals surface area contributed by atoms with Crippen LogP contribution in [-0.2, 0) is 4.79 Å². The lowest BCUT2D eigenvalue weighted by molar-refractivity contribution is -0.131. The van der Waals surface area contributed by atoms with Crippen LogP contribution in [-0.4, -0.2) is 11.1 Å². The van der Waals surface area contributed by atoms with Gasteiger partial charge in [0.05, 0.1) is 0 Å². The summed E-state index contributed by atoms with van der Waals surface area (Å²) in [4.78, 5) is 10.5. The van der Waals surface area contributed by atoms with E-state index in [0.717, 1.165) is 18.1 Å². The Hall–Kier alpha value is -1.83. The Kier molecular flexibility index (Phi) is 11.5. The van der Waals surface area contributed by atoms with E-state index in [9.17, 15) is 4.79 Å². The molecule has 0 saturated carbocycles. The number of hydrogen-bond donors (Lipinski definition) is 1. The van der Waals surface area contributed by atoms with Crippen LogP contribution < -0.4 is 0 Å². The first-order chi connectivity index (χ1) is 11.7. The van der Waals surface area contributed by atoms with Crippen molar-refractivity contribution in [3.8, 4) is 0 Å². The number of carboxylic acids is 1. The molecule has 2 heteroatoms. The SMILES string of the molecule is CCCCCCCCCCCC=Cc1ccc(C=CC(=O)O)cc1. The first-order valence-electron chi connectivity index (χ1n) is 9.40. The third kappa shape index (κ3) is 10.8. The van der Waals surface area contributed by atoms with Gasteiger partial charge in [-0.3, -0.25) is 0 Å². The second-order valence-corrected chi connectivity index (χ2v) is 6.36. The van der Waals surface area contributed by atoms with Crippen molar-refractivity contribution in [3.63, 3.8) is 0 Å². The molecule has 0 unspecified atom stereocenters. The fourth-order valence-electron chi connectivity index (χ4n) is 2.68. The van der Waals surface area contributed by atoms with Crippen LogP contribution in [0.2, 0.25) is 0 Å². The van der Waals surface area contributed by atoms with Crippen molar-refractivity contribution in [3.05, 3.63) is 47.5 Å². The van der Waals surface area contributed by atoms with Crippen LogP contribution >= 0.6 is 0 Å². The predicted molar refractivity (Wildman–Crippen MR) is 104 cm³/mol. The Morgan fingerprint density at radius 3 is 1.88 bits per heavy atom. The summed E-state index contributed by atoms with van der Waals surface area (Å²) in [6.45, 7) is 2.26. The molecule has 1 N–H and O–H groups in total. The molecule has 0 atom stereocenters. The van der Waals surface area contributed by atoms with Gasteiger partial charge >= 0.3 is 5.97 Å². The maximum atomic E-state index is 10.5. The minimum absolute atomic E-state index is 0.911. The minimum Gasteiger partial charge on any atom is -0.478 e. The molecule has 1 aromatic rings. The molecule has 0 heterocycles. The second kappa shape index (κ2) is 13.6. The van der Waals surface area contributed by atoms with Crippen LogP contribution in [0.15, 0.2) is 36.4 Å². The molecule has 0 aliphatic heterocycles. The molecular weight excluding hydrogens is 296 g/mol. The molecule has 0 radical (unpaired) electrons. The van der Waals surface area contributed by atoms with Crippen molar-refractivity contribution in [1.82, 2.24) is 0 Å². The number of aliphatic carboxylic acids is 1. The zero-order valence-corrected chi connectivity index (χ0v) is 15.0. The number of rotatable bonds is 13. The molecule has 0 saturated heterocycles. The highest BCUT2D eigenvalue weighted by atomic mass is 16.4. The topological polar surface area (TPSA) is 37.3 Å². The standard InChI is InChI=1S/C22H32O2/c1-2-3-4-5-6-7-8-9-10-11-12-13-20-14-16-21(17-15-20)18-19-22(23)24/h12-19H,2-11H2,1H3,(H,23,24). The smallest absolute Gasteiger partial charge is 0.328 e. The summed E-state index contributed by atoms with van der Waals surface area (Å²) in [6, 6.07) is 7.93. The highest BCUT2D eigenvalue weighted by molar-refractivity contribution is 5.85. The summed E-state index contributed by atoms with van der Waals surface area (Å²) in [5, 5.41) is 8.60. The Labute approximate surface area is 147 Å². The van der Waals surface area contributed by atoms with Crippen molar-refractivity contribution < 1.29 is 9.90 Å². The van der Waals surface area contributed by atoms with Crippen LogP contribution in [0.4, 0.5) is 0 Å². The van der Waals surface area contributed by atoms with Gasteiger partial charge < -0.3 is 5.11 Å². The summed E-state index contributed by atoms with van der Waals surface area (Å²) in [7, 11) is 0. The first kappa shape index (κ1) is 20.2. The molecule has 1 rings (SSSR count). The molecule has 1 aromatic carbocycles. The van der Waals surface area contributed by atoms with Crippen LogP contribution in [0.5, 0.6) is 0 Å². The number of allylic oxidation sites excluding steroid dienone is 1. The van der Waals surface area contributed by atoms with E-state index in [2.05, 4.69) is 19.1 Å².